The smallest absolute Gasteiger partial charge is 0.257 e. The summed E-state index contributed by atoms with van der Waals surface area (Å²) in [4.78, 5) is 26.9. The van der Waals surface area contributed by atoms with Crippen LogP contribution in [0.15, 0.2) is 79.3 Å². The summed E-state index contributed by atoms with van der Waals surface area (Å²) in [5.41, 5.74) is 2.27. The zero-order chi connectivity index (χ0) is 21.1. The summed E-state index contributed by atoms with van der Waals surface area (Å²) in [7, 11) is 0. The fourth-order valence-corrected chi connectivity index (χ4v) is 4.80. The maximum atomic E-state index is 13.9. The van der Waals surface area contributed by atoms with E-state index < -0.39 is 5.60 Å². The van der Waals surface area contributed by atoms with Gasteiger partial charge in [0.05, 0.1) is 12.3 Å². The second kappa shape index (κ2) is 8.57. The molecule has 2 aliphatic heterocycles. The highest BCUT2D eigenvalue weighted by Gasteiger charge is 2.57. The Balaban J connectivity index is 1.45. The first-order valence-corrected chi connectivity index (χ1v) is 10.7. The molecule has 1 aromatic carbocycles. The first kappa shape index (κ1) is 19.8. The maximum absolute atomic E-state index is 13.9. The molecule has 2 aliphatic rings. The number of nitrogens with zero attached hydrogens (tertiary/aromatic N) is 4. The third-order valence-corrected chi connectivity index (χ3v) is 6.25. The van der Waals surface area contributed by atoms with Gasteiger partial charge in [0.1, 0.15) is 0 Å². The van der Waals surface area contributed by atoms with E-state index in [1.807, 2.05) is 59.8 Å². The number of likely N-dealkylation sites (tertiary alicyclic amines) is 1. The monoisotopic (exact) mass is 414 g/mol. The molecule has 158 valence electrons. The second-order valence-corrected chi connectivity index (χ2v) is 8.28. The number of amides is 1. The molecule has 3 aromatic rings. The van der Waals surface area contributed by atoms with Crippen LogP contribution in [0.5, 0.6) is 0 Å². The highest BCUT2D eigenvalue weighted by Crippen LogP contribution is 2.42. The third kappa shape index (κ3) is 3.96. The normalized spacial score (nSPS) is 24.1. The molecule has 6 nitrogen and oxygen atoms in total. The van der Waals surface area contributed by atoms with Crippen molar-refractivity contribution < 1.29 is 9.53 Å². The van der Waals surface area contributed by atoms with E-state index in [1.165, 1.54) is 0 Å². The lowest BCUT2D eigenvalue weighted by Gasteiger charge is -2.42. The zero-order valence-corrected chi connectivity index (χ0v) is 17.4. The molecule has 0 unspecified atom stereocenters. The highest BCUT2D eigenvalue weighted by molar-refractivity contribution is 5.88. The first-order valence-electron chi connectivity index (χ1n) is 10.7. The van der Waals surface area contributed by atoms with Gasteiger partial charge in [-0.3, -0.25) is 19.7 Å². The number of ether oxygens (including phenoxy) is 1. The standard InChI is InChI=1S/C25H26N4O2/c30-24-25(31-14-13-29(24)16-20-7-2-1-3-8-20)19-28(17-22-10-4-5-12-27-22)18-23(25)21-9-6-11-26-15-21/h1-12,15,23H,13-14,16-19H2/t23-,25-/m0/s1. The Morgan fingerprint density at radius 2 is 1.87 bits per heavy atom. The van der Waals surface area contributed by atoms with Crippen LogP contribution in [0.1, 0.15) is 22.7 Å². The van der Waals surface area contributed by atoms with Crippen molar-refractivity contribution in [2.75, 3.05) is 26.2 Å². The maximum Gasteiger partial charge on any atom is 0.257 e. The van der Waals surface area contributed by atoms with E-state index in [9.17, 15) is 4.79 Å². The predicted molar refractivity (Wildman–Crippen MR) is 117 cm³/mol. The molecular formula is C25H26N4O2. The topological polar surface area (TPSA) is 58.6 Å². The Labute approximate surface area is 182 Å². The van der Waals surface area contributed by atoms with Crippen LogP contribution in [0, 0.1) is 0 Å². The van der Waals surface area contributed by atoms with Gasteiger partial charge in [-0.2, -0.15) is 0 Å². The van der Waals surface area contributed by atoms with Gasteiger partial charge in [-0.05, 0) is 29.3 Å². The summed E-state index contributed by atoms with van der Waals surface area (Å²) in [6.07, 6.45) is 5.44. The summed E-state index contributed by atoms with van der Waals surface area (Å²) in [5.74, 6) is -0.00374. The number of hydrogen-bond donors (Lipinski definition) is 0. The molecule has 0 N–H and O–H groups in total. The average Bonchev–Trinajstić information content (AvgIpc) is 3.17. The van der Waals surface area contributed by atoms with Gasteiger partial charge < -0.3 is 9.64 Å². The van der Waals surface area contributed by atoms with Crippen molar-refractivity contribution >= 4 is 5.91 Å². The predicted octanol–water partition coefficient (Wildman–Crippen LogP) is 2.87. The van der Waals surface area contributed by atoms with Crippen LogP contribution in [-0.4, -0.2) is 57.5 Å². The van der Waals surface area contributed by atoms with Crippen molar-refractivity contribution in [3.63, 3.8) is 0 Å². The summed E-state index contributed by atoms with van der Waals surface area (Å²) in [6, 6.07) is 20.1. The van der Waals surface area contributed by atoms with E-state index in [0.717, 1.165) is 23.4 Å². The molecule has 1 amide bonds. The first-order chi connectivity index (χ1) is 15.2. The fraction of sp³-hybridized carbons (Fsp3) is 0.320. The van der Waals surface area contributed by atoms with Crippen molar-refractivity contribution in [3.05, 3.63) is 96.1 Å². The van der Waals surface area contributed by atoms with E-state index in [2.05, 4.69) is 33.1 Å². The highest BCUT2D eigenvalue weighted by atomic mass is 16.5. The molecule has 2 atom stereocenters. The Morgan fingerprint density at radius 3 is 2.65 bits per heavy atom. The van der Waals surface area contributed by atoms with Crippen LogP contribution < -0.4 is 0 Å². The lowest BCUT2D eigenvalue weighted by atomic mass is 9.83. The van der Waals surface area contributed by atoms with E-state index >= 15 is 0 Å². The van der Waals surface area contributed by atoms with Crippen LogP contribution in [-0.2, 0) is 22.6 Å². The summed E-state index contributed by atoms with van der Waals surface area (Å²) < 4.78 is 6.36. The summed E-state index contributed by atoms with van der Waals surface area (Å²) in [6.45, 7) is 3.71. The number of carbonyl (C=O) groups is 1. The van der Waals surface area contributed by atoms with Gasteiger partial charge in [0, 0.05) is 57.2 Å². The number of pyridine rings is 2. The fourth-order valence-electron chi connectivity index (χ4n) is 4.80. The SMILES string of the molecule is O=C1N(Cc2ccccc2)CCO[C@]12CN(Cc1ccccn1)C[C@H]2c1cccnc1. The largest absolute Gasteiger partial charge is 0.361 e. The van der Waals surface area contributed by atoms with Crippen LogP contribution in [0.4, 0.5) is 0 Å². The molecule has 1 spiro atoms. The van der Waals surface area contributed by atoms with Crippen molar-refractivity contribution in [3.8, 4) is 0 Å². The molecule has 0 bridgehead atoms. The van der Waals surface area contributed by atoms with Gasteiger partial charge in [0.25, 0.3) is 5.91 Å². The molecule has 6 heteroatoms. The Hall–Kier alpha value is -3.09. The minimum atomic E-state index is -0.898. The number of morpholine rings is 1. The Morgan fingerprint density at radius 1 is 1.00 bits per heavy atom. The van der Waals surface area contributed by atoms with Crippen LogP contribution >= 0.6 is 0 Å². The third-order valence-electron chi connectivity index (χ3n) is 6.25. The van der Waals surface area contributed by atoms with Crippen molar-refractivity contribution in [2.24, 2.45) is 0 Å². The van der Waals surface area contributed by atoms with E-state index in [-0.39, 0.29) is 11.8 Å². The summed E-state index contributed by atoms with van der Waals surface area (Å²) >= 11 is 0. The molecule has 5 rings (SSSR count). The number of carbonyl (C=O) groups excluding carboxylic acids is 1. The second-order valence-electron chi connectivity index (χ2n) is 8.28. The summed E-state index contributed by atoms with van der Waals surface area (Å²) in [5, 5.41) is 0. The number of aromatic nitrogens is 2. The lowest BCUT2D eigenvalue weighted by Crippen LogP contribution is -2.59. The number of rotatable bonds is 5. The molecular weight excluding hydrogens is 388 g/mol. The quantitative estimate of drug-likeness (QED) is 0.643. The molecule has 4 heterocycles. The van der Waals surface area contributed by atoms with Gasteiger partial charge in [0.15, 0.2) is 5.60 Å². The molecule has 0 aliphatic carbocycles. The van der Waals surface area contributed by atoms with Crippen LogP contribution in [0.3, 0.4) is 0 Å². The van der Waals surface area contributed by atoms with Gasteiger partial charge in [-0.1, -0.05) is 42.5 Å². The van der Waals surface area contributed by atoms with E-state index in [4.69, 9.17) is 4.74 Å². The van der Waals surface area contributed by atoms with Gasteiger partial charge in [0.2, 0.25) is 0 Å². The van der Waals surface area contributed by atoms with Gasteiger partial charge >= 0.3 is 0 Å². The van der Waals surface area contributed by atoms with Gasteiger partial charge in [-0.15, -0.1) is 0 Å². The zero-order valence-electron chi connectivity index (χ0n) is 17.4. The molecule has 0 saturated carbocycles. The Kier molecular flexibility index (Phi) is 5.49. The van der Waals surface area contributed by atoms with Crippen molar-refractivity contribution in [2.45, 2.75) is 24.6 Å². The molecule has 2 aromatic heterocycles. The minimum Gasteiger partial charge on any atom is -0.361 e. The van der Waals surface area contributed by atoms with E-state index in [0.29, 0.717) is 32.8 Å². The number of hydrogen-bond acceptors (Lipinski definition) is 5. The van der Waals surface area contributed by atoms with Crippen LogP contribution in [0.2, 0.25) is 0 Å². The van der Waals surface area contributed by atoms with Crippen LogP contribution in [0.25, 0.3) is 0 Å². The lowest BCUT2D eigenvalue weighted by molar-refractivity contribution is -0.173. The minimum absolute atomic E-state index is 0.0694. The van der Waals surface area contributed by atoms with Gasteiger partial charge in [-0.25, -0.2) is 0 Å². The number of benzene rings is 1. The molecule has 31 heavy (non-hydrogen) atoms. The Bertz CT molecular complexity index is 1020. The molecule has 2 saturated heterocycles. The molecule has 2 fully saturated rings. The average molecular weight is 415 g/mol. The van der Waals surface area contributed by atoms with Crippen molar-refractivity contribution in [1.82, 2.24) is 19.8 Å². The molecule has 0 radical (unpaired) electrons. The van der Waals surface area contributed by atoms with Crippen molar-refractivity contribution in [1.29, 1.82) is 0 Å². The van der Waals surface area contributed by atoms with E-state index in [1.54, 1.807) is 6.20 Å².